The van der Waals surface area contributed by atoms with Crippen LogP contribution in [0.5, 0.6) is 0 Å². The van der Waals surface area contributed by atoms with Crippen molar-refractivity contribution in [2.24, 2.45) is 0 Å². The van der Waals surface area contributed by atoms with Crippen LogP contribution in [0.15, 0.2) is 59.1 Å². The Morgan fingerprint density at radius 3 is 2.00 bits per heavy atom. The second kappa shape index (κ2) is 12.7. The molecule has 34 heavy (non-hydrogen) atoms. The van der Waals surface area contributed by atoms with Crippen LogP contribution < -0.4 is 21.3 Å². The van der Waals surface area contributed by atoms with E-state index in [9.17, 15) is 9.59 Å². The highest BCUT2D eigenvalue weighted by atomic mass is 79.9. The number of halogens is 1. The number of nitrogens with one attached hydrogen (secondary N) is 4. The van der Waals surface area contributed by atoms with Gasteiger partial charge >= 0.3 is 0 Å². The summed E-state index contributed by atoms with van der Waals surface area (Å²) in [6.07, 6.45) is 0.334. The molecule has 3 rings (SSSR count). The van der Waals surface area contributed by atoms with Gasteiger partial charge < -0.3 is 21.3 Å². The van der Waals surface area contributed by atoms with Crippen molar-refractivity contribution in [1.29, 1.82) is 0 Å². The number of carbonyl (C=O) groups is 2. The van der Waals surface area contributed by atoms with E-state index < -0.39 is 0 Å². The van der Waals surface area contributed by atoms with Crippen molar-refractivity contribution in [1.82, 2.24) is 20.6 Å². The van der Waals surface area contributed by atoms with Crippen LogP contribution in [-0.2, 0) is 16.0 Å². The van der Waals surface area contributed by atoms with Gasteiger partial charge in [0, 0.05) is 48.7 Å². The summed E-state index contributed by atoms with van der Waals surface area (Å²) in [5.41, 5.74) is 2.73. The first-order valence-corrected chi connectivity index (χ1v) is 11.9. The summed E-state index contributed by atoms with van der Waals surface area (Å²) in [7, 11) is 0. The molecule has 3 aromatic rings. The zero-order valence-electron chi connectivity index (χ0n) is 19.3. The maximum atomic E-state index is 12.2. The van der Waals surface area contributed by atoms with Crippen LogP contribution in [0.1, 0.15) is 18.1 Å². The van der Waals surface area contributed by atoms with E-state index in [1.807, 2.05) is 61.5 Å². The Morgan fingerprint density at radius 1 is 0.824 bits per heavy atom. The molecule has 4 N–H and O–H groups in total. The Kier molecular flexibility index (Phi) is 9.40. The molecule has 0 aliphatic rings. The number of carbonyl (C=O) groups excluding carboxylic acids is 2. The molecule has 0 fully saturated rings. The number of nitrogens with zero attached hydrogens (tertiary/aromatic N) is 2. The SMILES string of the molecule is CC(=O)NCCNc1nc(-c2ccccc2)nc(NCCNC(=O)Cc2ccc(Br)cc2)c1C. The summed E-state index contributed by atoms with van der Waals surface area (Å²) >= 11 is 3.40. The highest BCUT2D eigenvalue weighted by Gasteiger charge is 2.12. The Balaban J connectivity index is 1.62. The van der Waals surface area contributed by atoms with E-state index in [1.165, 1.54) is 6.92 Å². The van der Waals surface area contributed by atoms with Gasteiger partial charge in [-0.1, -0.05) is 58.4 Å². The summed E-state index contributed by atoms with van der Waals surface area (Å²) < 4.78 is 0.986. The number of anilines is 2. The third kappa shape index (κ3) is 7.84. The van der Waals surface area contributed by atoms with Crippen molar-refractivity contribution in [3.8, 4) is 11.4 Å². The maximum absolute atomic E-state index is 12.2. The minimum absolute atomic E-state index is 0.0335. The second-order valence-corrected chi connectivity index (χ2v) is 8.64. The quantitative estimate of drug-likeness (QED) is 0.286. The zero-order chi connectivity index (χ0) is 24.3. The van der Waals surface area contributed by atoms with E-state index in [2.05, 4.69) is 42.2 Å². The lowest BCUT2D eigenvalue weighted by molar-refractivity contribution is -0.120. The van der Waals surface area contributed by atoms with Gasteiger partial charge in [-0.2, -0.15) is 0 Å². The summed E-state index contributed by atoms with van der Waals surface area (Å²) in [6.45, 7) is 5.44. The molecule has 0 unspecified atom stereocenters. The van der Waals surface area contributed by atoms with Crippen LogP contribution in [-0.4, -0.2) is 48.0 Å². The first-order chi connectivity index (χ1) is 16.4. The van der Waals surface area contributed by atoms with Crippen LogP contribution in [0, 0.1) is 6.92 Å². The van der Waals surface area contributed by atoms with Crippen LogP contribution >= 0.6 is 15.9 Å². The third-order valence-corrected chi connectivity index (χ3v) is 5.52. The average molecular weight is 525 g/mol. The van der Waals surface area contributed by atoms with E-state index in [0.717, 1.165) is 21.2 Å². The molecule has 0 saturated heterocycles. The van der Waals surface area contributed by atoms with Crippen LogP contribution in [0.4, 0.5) is 11.6 Å². The summed E-state index contributed by atoms with van der Waals surface area (Å²) in [6, 6.07) is 17.4. The van der Waals surface area contributed by atoms with E-state index in [0.29, 0.717) is 50.1 Å². The van der Waals surface area contributed by atoms with E-state index in [-0.39, 0.29) is 11.8 Å². The fourth-order valence-corrected chi connectivity index (χ4v) is 3.49. The maximum Gasteiger partial charge on any atom is 0.224 e. The number of amides is 2. The van der Waals surface area contributed by atoms with Gasteiger partial charge in [0.25, 0.3) is 0 Å². The molecule has 0 aliphatic heterocycles. The number of rotatable bonds is 11. The summed E-state index contributed by atoms with van der Waals surface area (Å²) in [5, 5.41) is 12.3. The van der Waals surface area contributed by atoms with Gasteiger partial charge in [-0.25, -0.2) is 9.97 Å². The normalized spacial score (nSPS) is 10.4. The fourth-order valence-electron chi connectivity index (χ4n) is 3.23. The highest BCUT2D eigenvalue weighted by Crippen LogP contribution is 2.24. The molecule has 0 spiro atoms. The van der Waals surface area contributed by atoms with Gasteiger partial charge in [0.05, 0.1) is 6.42 Å². The molecule has 0 bridgehead atoms. The first kappa shape index (κ1) is 25.2. The Bertz CT molecular complexity index is 1110. The summed E-state index contributed by atoms with van der Waals surface area (Å²) in [5.74, 6) is 1.87. The van der Waals surface area contributed by atoms with Crippen molar-refractivity contribution in [2.45, 2.75) is 20.3 Å². The lowest BCUT2D eigenvalue weighted by Gasteiger charge is -2.16. The largest absolute Gasteiger partial charge is 0.368 e. The van der Waals surface area contributed by atoms with Gasteiger partial charge in [0.1, 0.15) is 11.6 Å². The highest BCUT2D eigenvalue weighted by molar-refractivity contribution is 9.10. The Labute approximate surface area is 208 Å². The summed E-state index contributed by atoms with van der Waals surface area (Å²) in [4.78, 5) is 32.8. The van der Waals surface area contributed by atoms with Crippen molar-refractivity contribution in [3.63, 3.8) is 0 Å². The van der Waals surface area contributed by atoms with Crippen LogP contribution in [0.25, 0.3) is 11.4 Å². The number of hydrogen-bond donors (Lipinski definition) is 4. The Morgan fingerprint density at radius 2 is 1.41 bits per heavy atom. The van der Waals surface area contributed by atoms with Gasteiger partial charge in [-0.3, -0.25) is 9.59 Å². The smallest absolute Gasteiger partial charge is 0.224 e. The van der Waals surface area contributed by atoms with Crippen LogP contribution in [0.3, 0.4) is 0 Å². The van der Waals surface area contributed by atoms with Crippen molar-refractivity contribution in [3.05, 3.63) is 70.2 Å². The fraction of sp³-hybridized carbons (Fsp3) is 0.280. The third-order valence-electron chi connectivity index (χ3n) is 4.99. The van der Waals surface area contributed by atoms with Gasteiger partial charge in [-0.15, -0.1) is 0 Å². The van der Waals surface area contributed by atoms with Crippen molar-refractivity contribution >= 4 is 39.4 Å². The van der Waals surface area contributed by atoms with Crippen molar-refractivity contribution in [2.75, 3.05) is 36.8 Å². The molecule has 9 heteroatoms. The van der Waals surface area contributed by atoms with Crippen LogP contribution in [0.2, 0.25) is 0 Å². The van der Waals surface area contributed by atoms with E-state index >= 15 is 0 Å². The average Bonchev–Trinajstić information content (AvgIpc) is 2.83. The molecule has 0 saturated carbocycles. The monoisotopic (exact) mass is 524 g/mol. The molecule has 2 amide bonds. The number of benzene rings is 2. The van der Waals surface area contributed by atoms with Crippen molar-refractivity contribution < 1.29 is 9.59 Å². The minimum atomic E-state index is -0.0734. The van der Waals surface area contributed by atoms with E-state index in [1.54, 1.807) is 0 Å². The van der Waals surface area contributed by atoms with Gasteiger partial charge in [0.15, 0.2) is 5.82 Å². The molecule has 178 valence electrons. The Hall–Kier alpha value is -3.46. The second-order valence-electron chi connectivity index (χ2n) is 7.73. The first-order valence-electron chi connectivity index (χ1n) is 11.1. The molecule has 0 radical (unpaired) electrons. The predicted molar refractivity (Wildman–Crippen MR) is 139 cm³/mol. The molecule has 1 heterocycles. The van der Waals surface area contributed by atoms with Gasteiger partial charge in [-0.05, 0) is 24.6 Å². The molecule has 1 aromatic heterocycles. The zero-order valence-corrected chi connectivity index (χ0v) is 20.9. The lowest BCUT2D eigenvalue weighted by atomic mass is 10.1. The van der Waals surface area contributed by atoms with Gasteiger partial charge in [0.2, 0.25) is 11.8 Å². The van der Waals surface area contributed by atoms with E-state index in [4.69, 9.17) is 4.98 Å². The molecule has 2 aromatic carbocycles. The topological polar surface area (TPSA) is 108 Å². The number of aromatic nitrogens is 2. The predicted octanol–water partition coefficient (Wildman–Crippen LogP) is 3.53. The molecule has 0 atom stereocenters. The molecule has 0 aliphatic carbocycles. The molecular formula is C25H29BrN6O2. The lowest BCUT2D eigenvalue weighted by Crippen LogP contribution is -2.30. The number of hydrogen-bond acceptors (Lipinski definition) is 6. The standard InChI is InChI=1S/C25H29BrN6O2/c1-17-23(29-14-12-27-18(2)33)31-25(20-6-4-3-5-7-20)32-24(17)30-15-13-28-22(34)16-19-8-10-21(26)11-9-19/h3-11H,12-16H2,1-2H3,(H,27,33)(H,28,34)(H2,29,30,31,32). The molecular weight excluding hydrogens is 496 g/mol. The molecule has 8 nitrogen and oxygen atoms in total. The minimum Gasteiger partial charge on any atom is -0.368 e.